The number of hydrogen-bond donors (Lipinski definition) is 1. The molecule has 1 aromatic heterocycles. The SMILES string of the molecule is C=CCOC(=O)C1=C(S[C@H]2C[C@@H](Cc3ncnn3C)N(C(=O)OCC=C)C2)[C@H](C)[C@@H]2[C@@H]([C@@H](C)O)C(=O)N12. The van der Waals surface area contributed by atoms with Crippen molar-refractivity contribution in [1.29, 1.82) is 0 Å². The number of esters is 1. The molecule has 12 heteroatoms. The first kappa shape index (κ1) is 26.9. The summed E-state index contributed by atoms with van der Waals surface area (Å²) >= 11 is 1.49. The molecule has 6 atom stereocenters. The fraction of sp³-hybridized carbons (Fsp3) is 0.560. The van der Waals surface area contributed by atoms with Gasteiger partial charge in [-0.05, 0) is 13.3 Å². The third-order valence-corrected chi connectivity index (χ3v) is 8.58. The molecule has 37 heavy (non-hydrogen) atoms. The lowest BCUT2D eigenvalue weighted by molar-refractivity contribution is -0.164. The first-order valence-corrected chi connectivity index (χ1v) is 13.1. The summed E-state index contributed by atoms with van der Waals surface area (Å²) in [5, 5.41) is 14.3. The van der Waals surface area contributed by atoms with E-state index in [0.29, 0.717) is 19.4 Å². The third-order valence-electron chi connectivity index (χ3n) is 7.09. The molecule has 2 amide bonds. The monoisotopic (exact) mass is 531 g/mol. The van der Waals surface area contributed by atoms with E-state index in [9.17, 15) is 19.5 Å². The number of carbonyl (C=O) groups is 3. The number of ether oxygens (including phenoxy) is 2. The van der Waals surface area contributed by atoms with Crippen molar-refractivity contribution < 1.29 is 29.0 Å². The Morgan fingerprint density at radius 1 is 1.30 bits per heavy atom. The van der Waals surface area contributed by atoms with Crippen molar-refractivity contribution in [3.05, 3.63) is 48.1 Å². The van der Waals surface area contributed by atoms with Gasteiger partial charge in [-0.15, -0.1) is 11.8 Å². The van der Waals surface area contributed by atoms with Gasteiger partial charge in [0.05, 0.1) is 18.1 Å². The van der Waals surface area contributed by atoms with Gasteiger partial charge in [0.25, 0.3) is 0 Å². The van der Waals surface area contributed by atoms with Gasteiger partial charge in [-0.2, -0.15) is 5.10 Å². The predicted octanol–water partition coefficient (Wildman–Crippen LogP) is 1.65. The average Bonchev–Trinajstić information content (AvgIpc) is 3.52. The topological polar surface area (TPSA) is 127 Å². The van der Waals surface area contributed by atoms with Crippen LogP contribution in [0.5, 0.6) is 0 Å². The van der Waals surface area contributed by atoms with E-state index < -0.39 is 24.1 Å². The number of aliphatic hydroxyl groups is 1. The minimum absolute atomic E-state index is 0.0211. The van der Waals surface area contributed by atoms with Crippen LogP contribution in [-0.4, -0.2) is 90.8 Å². The number of hydrogen-bond acceptors (Lipinski definition) is 9. The number of nitrogens with zero attached hydrogens (tertiary/aromatic N) is 5. The van der Waals surface area contributed by atoms with E-state index in [1.54, 1.807) is 23.6 Å². The number of aromatic nitrogens is 3. The van der Waals surface area contributed by atoms with Crippen LogP contribution in [0.1, 0.15) is 26.1 Å². The minimum atomic E-state index is -0.830. The van der Waals surface area contributed by atoms with Crippen molar-refractivity contribution in [2.45, 2.75) is 50.1 Å². The van der Waals surface area contributed by atoms with Crippen LogP contribution in [0.3, 0.4) is 0 Å². The normalized spacial score (nSPS) is 27.6. The van der Waals surface area contributed by atoms with E-state index in [1.165, 1.54) is 35.1 Å². The number of thioether (sulfide) groups is 1. The number of likely N-dealkylation sites (tertiary alicyclic amines) is 1. The van der Waals surface area contributed by atoms with Gasteiger partial charge < -0.3 is 24.4 Å². The molecule has 0 spiro atoms. The Morgan fingerprint density at radius 2 is 2.00 bits per heavy atom. The summed E-state index contributed by atoms with van der Waals surface area (Å²) in [5.74, 6) is -0.881. The molecular formula is C25H33N5O6S. The summed E-state index contributed by atoms with van der Waals surface area (Å²) in [5.41, 5.74) is 0.226. The Bertz CT molecular complexity index is 1120. The summed E-state index contributed by atoms with van der Waals surface area (Å²) in [6.07, 6.45) is 4.32. The van der Waals surface area contributed by atoms with Gasteiger partial charge >= 0.3 is 12.1 Å². The van der Waals surface area contributed by atoms with Crippen LogP contribution >= 0.6 is 11.8 Å². The van der Waals surface area contributed by atoms with Crippen LogP contribution < -0.4 is 0 Å². The molecule has 0 aliphatic carbocycles. The summed E-state index contributed by atoms with van der Waals surface area (Å²) in [7, 11) is 1.80. The highest BCUT2D eigenvalue weighted by atomic mass is 32.2. The van der Waals surface area contributed by atoms with Crippen LogP contribution in [0.2, 0.25) is 0 Å². The van der Waals surface area contributed by atoms with Crippen LogP contribution in [0.4, 0.5) is 4.79 Å². The highest BCUT2D eigenvalue weighted by Gasteiger charge is 2.60. The van der Waals surface area contributed by atoms with Gasteiger partial charge in [-0.1, -0.05) is 32.2 Å². The predicted molar refractivity (Wildman–Crippen MR) is 136 cm³/mol. The fourth-order valence-corrected chi connectivity index (χ4v) is 6.92. The molecule has 0 saturated carbocycles. The van der Waals surface area contributed by atoms with E-state index >= 15 is 0 Å². The Morgan fingerprint density at radius 3 is 2.62 bits per heavy atom. The number of fused-ring (bicyclic) bond motifs is 1. The molecular weight excluding hydrogens is 498 g/mol. The first-order valence-electron chi connectivity index (χ1n) is 12.3. The molecule has 3 aliphatic rings. The Hall–Kier alpha value is -3.12. The molecule has 11 nitrogen and oxygen atoms in total. The zero-order chi connectivity index (χ0) is 26.9. The maximum Gasteiger partial charge on any atom is 0.410 e. The molecule has 2 saturated heterocycles. The minimum Gasteiger partial charge on any atom is -0.457 e. The zero-order valence-electron chi connectivity index (χ0n) is 21.3. The van der Waals surface area contributed by atoms with E-state index in [0.717, 1.165) is 10.7 Å². The largest absolute Gasteiger partial charge is 0.457 e. The van der Waals surface area contributed by atoms with Crippen LogP contribution in [-0.2, 0) is 32.5 Å². The smallest absolute Gasteiger partial charge is 0.410 e. The first-order chi connectivity index (χ1) is 17.7. The van der Waals surface area contributed by atoms with Crippen molar-refractivity contribution in [3.8, 4) is 0 Å². The zero-order valence-corrected chi connectivity index (χ0v) is 22.1. The second-order valence-electron chi connectivity index (χ2n) is 9.51. The summed E-state index contributed by atoms with van der Waals surface area (Å²) in [6.45, 7) is 11.3. The number of aliphatic hydroxyl groups excluding tert-OH is 1. The summed E-state index contributed by atoms with van der Waals surface area (Å²) < 4.78 is 12.3. The average molecular weight is 532 g/mol. The van der Waals surface area contributed by atoms with Gasteiger partial charge in [0.15, 0.2) is 0 Å². The lowest BCUT2D eigenvalue weighted by Gasteiger charge is -2.46. The fourth-order valence-electron chi connectivity index (χ4n) is 5.36. The van der Waals surface area contributed by atoms with E-state index in [1.807, 2.05) is 6.92 Å². The molecule has 2 fully saturated rings. The second-order valence-corrected chi connectivity index (χ2v) is 10.8. The second kappa shape index (κ2) is 11.1. The van der Waals surface area contributed by atoms with Gasteiger partial charge in [-0.3, -0.25) is 9.48 Å². The number of aryl methyl sites for hydroxylation is 1. The van der Waals surface area contributed by atoms with E-state index in [2.05, 4.69) is 23.2 Å². The maximum atomic E-state index is 13.0. The molecule has 1 aromatic rings. The van der Waals surface area contributed by atoms with Crippen LogP contribution in [0.25, 0.3) is 0 Å². The van der Waals surface area contributed by atoms with Crippen LogP contribution in [0.15, 0.2) is 42.2 Å². The molecule has 200 valence electrons. The highest BCUT2D eigenvalue weighted by molar-refractivity contribution is 8.03. The molecule has 0 aromatic carbocycles. The quantitative estimate of drug-likeness (QED) is 0.272. The Kier molecular flexibility index (Phi) is 8.08. The molecule has 4 rings (SSSR count). The number of rotatable bonds is 10. The van der Waals surface area contributed by atoms with Crippen molar-refractivity contribution in [2.24, 2.45) is 18.9 Å². The molecule has 4 heterocycles. The van der Waals surface area contributed by atoms with E-state index in [-0.39, 0.29) is 48.1 Å². The molecule has 0 unspecified atom stereocenters. The van der Waals surface area contributed by atoms with Gasteiger partial charge in [-0.25, -0.2) is 14.6 Å². The van der Waals surface area contributed by atoms with Crippen molar-refractivity contribution in [2.75, 3.05) is 19.8 Å². The Balaban J connectivity index is 1.59. The molecule has 3 aliphatic heterocycles. The maximum absolute atomic E-state index is 13.0. The summed E-state index contributed by atoms with van der Waals surface area (Å²) in [6, 6.07) is -0.499. The van der Waals surface area contributed by atoms with Crippen molar-refractivity contribution >= 4 is 29.7 Å². The van der Waals surface area contributed by atoms with Gasteiger partial charge in [0.1, 0.15) is 31.1 Å². The van der Waals surface area contributed by atoms with Crippen molar-refractivity contribution in [1.82, 2.24) is 24.6 Å². The number of β-lactam (4-membered cyclic amide) rings is 1. The lowest BCUT2D eigenvalue weighted by Crippen LogP contribution is -2.63. The standard InChI is InChI=1S/C25H33N5O6S/c1-6-8-35-24(33)21-22(14(3)20-19(15(4)31)23(32)30(20)21)37-17-10-16(11-18-26-13-27-28(18)5)29(12-17)25(34)36-9-7-2/h6-7,13-17,19-20,31H,1-2,8-12H2,3-5H3/t14-,15-,16+,17+,19-,20-/m1/s1. The molecule has 1 N–H and O–H groups in total. The van der Waals surface area contributed by atoms with E-state index in [4.69, 9.17) is 9.47 Å². The van der Waals surface area contributed by atoms with Crippen molar-refractivity contribution in [3.63, 3.8) is 0 Å². The summed E-state index contributed by atoms with van der Waals surface area (Å²) in [4.78, 5) is 47.0. The van der Waals surface area contributed by atoms with Gasteiger partial charge in [0.2, 0.25) is 5.91 Å². The Labute approximate surface area is 220 Å². The molecule has 0 bridgehead atoms. The highest BCUT2D eigenvalue weighted by Crippen LogP contribution is 2.52. The third kappa shape index (κ3) is 5.04. The lowest BCUT2D eigenvalue weighted by atomic mass is 9.79. The molecule has 0 radical (unpaired) electrons. The number of carbonyl (C=O) groups excluding carboxylic acids is 3. The van der Waals surface area contributed by atoms with Gasteiger partial charge in [0, 0.05) is 42.1 Å². The van der Waals surface area contributed by atoms with Crippen LogP contribution in [0, 0.1) is 11.8 Å². The number of amides is 2.